The van der Waals surface area contributed by atoms with Gasteiger partial charge in [-0.1, -0.05) is 0 Å². The lowest BCUT2D eigenvalue weighted by atomic mass is 10.1. The average molecular weight is 321 g/mol. The monoisotopic (exact) mass is 321 g/mol. The Balaban J connectivity index is 1.32. The lowest BCUT2D eigenvalue weighted by Gasteiger charge is -2.44. The normalized spacial score (nSPS) is 15.1. The van der Waals surface area contributed by atoms with E-state index in [0.717, 1.165) is 36.0 Å². The molecule has 5 rings (SSSR count). The molecular formula is C15H15N9. The highest BCUT2D eigenvalue weighted by atomic mass is 15.4. The third-order valence-corrected chi connectivity index (χ3v) is 4.48. The molecule has 1 aliphatic heterocycles. The van der Waals surface area contributed by atoms with Gasteiger partial charge in [-0.25, -0.2) is 9.50 Å². The van der Waals surface area contributed by atoms with Gasteiger partial charge in [-0.2, -0.15) is 4.52 Å². The minimum atomic E-state index is 0.395. The molecular weight excluding hydrogens is 306 g/mol. The minimum Gasteiger partial charge on any atom is -0.352 e. The summed E-state index contributed by atoms with van der Waals surface area (Å²) < 4.78 is 3.49. The van der Waals surface area contributed by atoms with Crippen LogP contribution in [0.15, 0.2) is 43.0 Å². The summed E-state index contributed by atoms with van der Waals surface area (Å²) in [7, 11) is 2.06. The first-order chi connectivity index (χ1) is 11.8. The van der Waals surface area contributed by atoms with Gasteiger partial charge in [-0.05, 0) is 24.3 Å². The Morgan fingerprint density at radius 1 is 1.04 bits per heavy atom. The molecule has 9 nitrogen and oxygen atoms in total. The van der Waals surface area contributed by atoms with Gasteiger partial charge in [0.25, 0.3) is 0 Å². The smallest absolute Gasteiger partial charge is 0.177 e. The topological polar surface area (TPSA) is 79.8 Å². The van der Waals surface area contributed by atoms with Crippen molar-refractivity contribution in [1.29, 1.82) is 0 Å². The molecule has 0 aromatic carbocycles. The second kappa shape index (κ2) is 4.88. The van der Waals surface area contributed by atoms with Crippen molar-refractivity contribution in [2.75, 3.05) is 29.9 Å². The fourth-order valence-corrected chi connectivity index (χ4v) is 2.95. The van der Waals surface area contributed by atoms with Gasteiger partial charge in [0.15, 0.2) is 11.3 Å². The lowest BCUT2D eigenvalue weighted by molar-refractivity contribution is 0.485. The summed E-state index contributed by atoms with van der Waals surface area (Å²) in [6.45, 7) is 1.82. The maximum atomic E-state index is 4.58. The third-order valence-electron chi connectivity index (χ3n) is 4.48. The van der Waals surface area contributed by atoms with Crippen LogP contribution in [0.4, 0.5) is 11.6 Å². The average Bonchev–Trinajstić information content (AvgIpc) is 3.21. The van der Waals surface area contributed by atoms with E-state index in [0.29, 0.717) is 6.04 Å². The van der Waals surface area contributed by atoms with Crippen LogP contribution in [0.2, 0.25) is 0 Å². The van der Waals surface area contributed by atoms with E-state index >= 15 is 0 Å². The van der Waals surface area contributed by atoms with Crippen molar-refractivity contribution in [3.05, 3.63) is 43.0 Å². The second-order valence-electron chi connectivity index (χ2n) is 5.92. The fraction of sp³-hybridized carbons (Fsp3) is 0.267. The van der Waals surface area contributed by atoms with Crippen molar-refractivity contribution in [2.45, 2.75) is 6.04 Å². The Bertz CT molecular complexity index is 1010. The fourth-order valence-electron chi connectivity index (χ4n) is 2.95. The number of hydrogen-bond acceptors (Lipinski definition) is 7. The highest BCUT2D eigenvalue weighted by Crippen LogP contribution is 2.24. The van der Waals surface area contributed by atoms with Crippen molar-refractivity contribution in [2.24, 2.45) is 0 Å². The van der Waals surface area contributed by atoms with Gasteiger partial charge in [0.05, 0.1) is 6.04 Å². The molecule has 4 aromatic heterocycles. The van der Waals surface area contributed by atoms with Crippen molar-refractivity contribution in [1.82, 2.24) is 34.4 Å². The van der Waals surface area contributed by atoms with Crippen LogP contribution in [0, 0.1) is 0 Å². The second-order valence-corrected chi connectivity index (χ2v) is 5.92. The standard InChI is InChI=1S/C15H15N9/c1-21(14-4-3-13-18-17-10-24(13)19-14)11-8-22(9-11)15-5-2-12-16-6-7-23(12)20-15/h2-7,10-11H,8-9H2,1H3. The molecule has 0 unspecified atom stereocenters. The minimum absolute atomic E-state index is 0.395. The van der Waals surface area contributed by atoms with E-state index in [1.165, 1.54) is 0 Å². The Morgan fingerprint density at radius 3 is 2.83 bits per heavy atom. The summed E-state index contributed by atoms with van der Waals surface area (Å²) in [4.78, 5) is 8.65. The van der Waals surface area contributed by atoms with Crippen molar-refractivity contribution in [3.63, 3.8) is 0 Å². The predicted molar refractivity (Wildman–Crippen MR) is 88.2 cm³/mol. The number of anilines is 2. The number of nitrogens with zero attached hydrogens (tertiary/aromatic N) is 9. The largest absolute Gasteiger partial charge is 0.352 e. The number of rotatable bonds is 3. The molecule has 1 saturated heterocycles. The van der Waals surface area contributed by atoms with Crippen molar-refractivity contribution in [3.8, 4) is 0 Å². The van der Waals surface area contributed by atoms with Crippen LogP contribution in [0.25, 0.3) is 11.3 Å². The van der Waals surface area contributed by atoms with Crippen LogP contribution in [-0.4, -0.2) is 60.6 Å². The quantitative estimate of drug-likeness (QED) is 0.543. The molecule has 0 saturated carbocycles. The molecule has 0 atom stereocenters. The molecule has 0 radical (unpaired) electrons. The number of fused-ring (bicyclic) bond motifs is 2. The summed E-state index contributed by atoms with van der Waals surface area (Å²) in [6.07, 6.45) is 5.23. The Kier molecular flexibility index (Phi) is 2.69. The molecule has 0 N–H and O–H groups in total. The first-order valence-corrected chi connectivity index (χ1v) is 7.73. The molecule has 1 fully saturated rings. The Hall–Kier alpha value is -3.23. The zero-order chi connectivity index (χ0) is 16.1. The predicted octanol–water partition coefficient (Wildman–Crippen LogP) is 0.492. The summed E-state index contributed by atoms with van der Waals surface area (Å²) in [5.41, 5.74) is 1.61. The van der Waals surface area contributed by atoms with Gasteiger partial charge in [-0.15, -0.1) is 20.4 Å². The van der Waals surface area contributed by atoms with E-state index in [4.69, 9.17) is 0 Å². The van der Waals surface area contributed by atoms with Gasteiger partial charge in [0.2, 0.25) is 0 Å². The van der Waals surface area contributed by atoms with E-state index in [2.05, 4.69) is 42.2 Å². The third kappa shape index (κ3) is 1.98. The van der Waals surface area contributed by atoms with Crippen molar-refractivity contribution < 1.29 is 0 Å². The summed E-state index contributed by atoms with van der Waals surface area (Å²) in [5, 5.41) is 17.0. The SMILES string of the molecule is CN(c1ccc2nncn2n1)C1CN(c2ccc3nccn3n2)C1. The molecule has 5 heterocycles. The summed E-state index contributed by atoms with van der Waals surface area (Å²) in [6, 6.07) is 8.30. The highest BCUT2D eigenvalue weighted by Gasteiger charge is 2.32. The Labute approximate surface area is 137 Å². The van der Waals surface area contributed by atoms with Gasteiger partial charge in [-0.3, -0.25) is 0 Å². The number of aromatic nitrogens is 7. The molecule has 9 heteroatoms. The van der Waals surface area contributed by atoms with Crippen LogP contribution in [-0.2, 0) is 0 Å². The first-order valence-electron chi connectivity index (χ1n) is 7.73. The lowest BCUT2D eigenvalue weighted by Crippen LogP contribution is -2.59. The van der Waals surface area contributed by atoms with Crippen LogP contribution >= 0.6 is 0 Å². The number of imidazole rings is 1. The van der Waals surface area contributed by atoms with E-state index in [9.17, 15) is 0 Å². The van der Waals surface area contributed by atoms with Gasteiger partial charge < -0.3 is 9.80 Å². The summed E-state index contributed by atoms with van der Waals surface area (Å²) >= 11 is 0. The van der Waals surface area contributed by atoms with E-state index in [-0.39, 0.29) is 0 Å². The molecule has 1 aliphatic rings. The van der Waals surface area contributed by atoms with Crippen LogP contribution in [0.1, 0.15) is 0 Å². The van der Waals surface area contributed by atoms with Crippen LogP contribution < -0.4 is 9.80 Å². The van der Waals surface area contributed by atoms with Gasteiger partial charge in [0.1, 0.15) is 18.0 Å². The molecule has 0 amide bonds. The van der Waals surface area contributed by atoms with Crippen LogP contribution in [0.5, 0.6) is 0 Å². The Morgan fingerprint density at radius 2 is 1.92 bits per heavy atom. The highest BCUT2D eigenvalue weighted by molar-refractivity contribution is 5.51. The van der Waals surface area contributed by atoms with Crippen molar-refractivity contribution >= 4 is 22.9 Å². The van der Waals surface area contributed by atoms with Gasteiger partial charge >= 0.3 is 0 Å². The zero-order valence-electron chi connectivity index (χ0n) is 13.1. The molecule has 120 valence electrons. The molecule has 0 aliphatic carbocycles. The van der Waals surface area contributed by atoms with Crippen LogP contribution in [0.3, 0.4) is 0 Å². The van der Waals surface area contributed by atoms with E-state index < -0.39 is 0 Å². The number of hydrogen-bond donors (Lipinski definition) is 0. The maximum absolute atomic E-state index is 4.58. The van der Waals surface area contributed by atoms with E-state index in [1.54, 1.807) is 21.6 Å². The zero-order valence-corrected chi connectivity index (χ0v) is 13.1. The first kappa shape index (κ1) is 13.2. The molecule has 4 aromatic rings. The number of likely N-dealkylation sites (N-methyl/N-ethyl adjacent to an activating group) is 1. The summed E-state index contributed by atoms with van der Waals surface area (Å²) in [5.74, 6) is 1.87. The van der Waals surface area contributed by atoms with E-state index in [1.807, 2.05) is 30.5 Å². The maximum Gasteiger partial charge on any atom is 0.177 e. The molecule has 0 bridgehead atoms. The molecule has 0 spiro atoms. The molecule has 24 heavy (non-hydrogen) atoms. The van der Waals surface area contributed by atoms with Gasteiger partial charge in [0, 0.05) is 32.5 Å².